The first-order chi connectivity index (χ1) is 21.7. The number of halogens is 1. The highest BCUT2D eigenvalue weighted by Gasteiger charge is 2.26. The van der Waals surface area contributed by atoms with E-state index >= 15 is 0 Å². The van der Waals surface area contributed by atoms with Crippen molar-refractivity contribution in [1.29, 1.82) is 0 Å². The van der Waals surface area contributed by atoms with E-state index in [4.69, 9.17) is 26.4 Å². The summed E-state index contributed by atoms with van der Waals surface area (Å²) < 4.78 is 8.71. The van der Waals surface area contributed by atoms with Crippen molar-refractivity contribution < 1.29 is 19.4 Å². The number of methoxy groups -OCH3 is 1. The second-order valence-electron chi connectivity index (χ2n) is 11.7. The van der Waals surface area contributed by atoms with Crippen molar-refractivity contribution in [3.63, 3.8) is 0 Å². The van der Waals surface area contributed by atoms with Crippen LogP contribution in [0.15, 0.2) is 47.4 Å². The van der Waals surface area contributed by atoms with E-state index in [1.165, 1.54) is 4.57 Å². The van der Waals surface area contributed by atoms with E-state index in [1.807, 2.05) is 35.2 Å². The van der Waals surface area contributed by atoms with Gasteiger partial charge in [-0.15, -0.1) is 0 Å². The molecule has 12 nitrogen and oxygen atoms in total. The molecule has 13 heteroatoms. The van der Waals surface area contributed by atoms with Crippen LogP contribution in [0.1, 0.15) is 37.1 Å². The number of amides is 1. The first-order valence-corrected chi connectivity index (χ1v) is 15.5. The highest BCUT2D eigenvalue weighted by Crippen LogP contribution is 2.37. The second-order valence-corrected chi connectivity index (χ2v) is 12.1. The molecule has 0 radical (unpaired) electrons. The molecule has 1 amide bonds. The molecule has 2 atom stereocenters. The number of fused-ring (bicyclic) bond motifs is 1. The number of carbonyl (C=O) groups excluding carboxylic acids is 1. The zero-order valence-electron chi connectivity index (χ0n) is 25.3. The van der Waals surface area contributed by atoms with Crippen molar-refractivity contribution in [3.8, 4) is 28.3 Å². The molecule has 236 valence electrons. The topological polar surface area (TPSA) is 143 Å². The van der Waals surface area contributed by atoms with Gasteiger partial charge in [-0.3, -0.25) is 23.9 Å². The zero-order chi connectivity index (χ0) is 31.7. The Labute approximate surface area is 265 Å². The van der Waals surface area contributed by atoms with E-state index in [1.54, 1.807) is 30.9 Å². The Morgan fingerprint density at radius 2 is 2.02 bits per heavy atom. The van der Waals surface area contributed by atoms with Gasteiger partial charge in [0.25, 0.3) is 5.56 Å². The minimum atomic E-state index is -0.792. The van der Waals surface area contributed by atoms with Gasteiger partial charge in [-0.25, -0.2) is 9.50 Å². The van der Waals surface area contributed by atoms with E-state index in [0.29, 0.717) is 67.0 Å². The van der Waals surface area contributed by atoms with Crippen LogP contribution in [0.2, 0.25) is 5.02 Å². The number of likely N-dealkylation sites (tertiary alicyclic amines) is 1. The number of carbonyl (C=O) groups is 2. The van der Waals surface area contributed by atoms with Crippen LogP contribution in [0, 0.1) is 5.92 Å². The molecule has 0 spiro atoms. The average Bonchev–Trinajstić information content (AvgIpc) is 3.66. The number of ether oxygens (including phenoxy) is 1. The first kappa shape index (κ1) is 30.8. The maximum absolute atomic E-state index is 13.4. The molecule has 3 N–H and O–H groups in total. The van der Waals surface area contributed by atoms with E-state index < -0.39 is 11.9 Å². The molecule has 3 aromatic heterocycles. The molecule has 0 aliphatic carbocycles. The molecule has 2 fully saturated rings. The Kier molecular flexibility index (Phi) is 8.88. The predicted octanol–water partition coefficient (Wildman–Crippen LogP) is 3.09. The van der Waals surface area contributed by atoms with E-state index in [9.17, 15) is 19.5 Å². The summed E-state index contributed by atoms with van der Waals surface area (Å²) in [4.78, 5) is 43.1. The molecular weight excluding hydrogens is 598 g/mol. The van der Waals surface area contributed by atoms with Gasteiger partial charge in [-0.2, -0.15) is 5.10 Å². The lowest BCUT2D eigenvalue weighted by molar-refractivity contribution is -0.143. The maximum atomic E-state index is 13.4. The number of nitrogens with zero attached hydrogens (tertiary/aromatic N) is 5. The average molecular weight is 634 g/mol. The number of carboxylic acid groups (broad SMARTS) is 1. The summed E-state index contributed by atoms with van der Waals surface area (Å²) in [6.45, 7) is 2.77. The van der Waals surface area contributed by atoms with Crippen molar-refractivity contribution in [2.45, 2.75) is 44.8 Å². The summed E-state index contributed by atoms with van der Waals surface area (Å²) in [5.41, 5.74) is 3.93. The second kappa shape index (κ2) is 13.0. The summed E-state index contributed by atoms with van der Waals surface area (Å²) in [5.74, 6) is -0.0811. The van der Waals surface area contributed by atoms with Gasteiger partial charge in [0.15, 0.2) is 0 Å². The fraction of sp³-hybridized carbons (Fsp3) is 0.406. The SMILES string of the molecule is COc1nc(-c2cccc(-c3cc4c(=O)n(C)c(CN5CCC[C@H](C(=O)O)C5)nn4c3)c2Cl)ccc1CNC[C@@H]1CCC(=O)N1. The van der Waals surface area contributed by atoms with Gasteiger partial charge in [0.2, 0.25) is 11.8 Å². The van der Waals surface area contributed by atoms with Crippen LogP contribution in [0.3, 0.4) is 0 Å². The van der Waals surface area contributed by atoms with Gasteiger partial charge in [-0.05, 0) is 37.9 Å². The van der Waals surface area contributed by atoms with Crippen molar-refractivity contribution in [2.75, 3.05) is 26.7 Å². The Morgan fingerprint density at radius 3 is 2.78 bits per heavy atom. The number of pyridine rings is 1. The molecule has 6 rings (SSSR count). The third kappa shape index (κ3) is 6.44. The Bertz CT molecular complexity index is 1820. The molecule has 4 aromatic rings. The minimum absolute atomic E-state index is 0.0894. The Morgan fingerprint density at radius 1 is 1.20 bits per heavy atom. The molecule has 5 heterocycles. The van der Waals surface area contributed by atoms with Crippen LogP contribution in [-0.4, -0.2) is 73.8 Å². The molecule has 45 heavy (non-hydrogen) atoms. The number of hydrogen-bond donors (Lipinski definition) is 3. The van der Waals surface area contributed by atoms with E-state index in [-0.39, 0.29) is 17.5 Å². The lowest BCUT2D eigenvalue weighted by Gasteiger charge is -2.30. The van der Waals surface area contributed by atoms with Crippen LogP contribution < -0.4 is 20.9 Å². The third-order valence-corrected chi connectivity index (χ3v) is 9.07. The van der Waals surface area contributed by atoms with Gasteiger partial charge < -0.3 is 20.5 Å². The largest absolute Gasteiger partial charge is 0.481 e. The van der Waals surface area contributed by atoms with Crippen molar-refractivity contribution >= 4 is 29.0 Å². The predicted molar refractivity (Wildman–Crippen MR) is 169 cm³/mol. The van der Waals surface area contributed by atoms with Gasteiger partial charge in [0.05, 0.1) is 30.3 Å². The van der Waals surface area contributed by atoms with Crippen LogP contribution >= 0.6 is 11.6 Å². The Hall–Kier alpha value is -4.26. The van der Waals surface area contributed by atoms with Gasteiger partial charge in [-0.1, -0.05) is 35.9 Å². The van der Waals surface area contributed by atoms with E-state index in [2.05, 4.69) is 10.6 Å². The first-order valence-electron chi connectivity index (χ1n) is 15.1. The maximum Gasteiger partial charge on any atom is 0.307 e. The summed E-state index contributed by atoms with van der Waals surface area (Å²) in [6, 6.07) is 11.4. The number of aromatic nitrogens is 4. The van der Waals surface area contributed by atoms with Crippen molar-refractivity contribution in [3.05, 3.63) is 69.4 Å². The molecule has 2 aliphatic heterocycles. The summed E-state index contributed by atoms with van der Waals surface area (Å²) in [6.07, 6.45) is 4.62. The molecule has 0 bridgehead atoms. The minimum Gasteiger partial charge on any atom is -0.481 e. The van der Waals surface area contributed by atoms with Crippen LogP contribution in [0.25, 0.3) is 27.9 Å². The standard InChI is InChI=1S/C32H36ClN7O5/c1-38-27(18-39-12-4-5-20(16-39)32(43)44)37-40-17-21(13-26(40)31(38)42)23-6-3-7-24(29(23)33)25-10-8-19(30(36-25)45-2)14-34-15-22-9-11-28(41)35-22/h3,6-8,10,13,17,20,22,34H,4-5,9,11-12,14-16,18H2,1-2H3,(H,35,41)(H,43,44)/t20-,22-/m0/s1. The highest BCUT2D eigenvalue weighted by molar-refractivity contribution is 6.36. The number of carboxylic acids is 1. The van der Waals surface area contributed by atoms with E-state index in [0.717, 1.165) is 41.6 Å². The van der Waals surface area contributed by atoms with Gasteiger partial charge in [0.1, 0.15) is 11.3 Å². The van der Waals surface area contributed by atoms with Gasteiger partial charge >= 0.3 is 5.97 Å². The van der Waals surface area contributed by atoms with Crippen LogP contribution in [0.4, 0.5) is 0 Å². The fourth-order valence-electron chi connectivity index (χ4n) is 6.16. The van der Waals surface area contributed by atoms with Crippen LogP contribution in [0.5, 0.6) is 5.88 Å². The number of nitrogens with one attached hydrogen (secondary N) is 2. The molecule has 0 saturated carbocycles. The zero-order valence-corrected chi connectivity index (χ0v) is 26.0. The molecule has 1 aromatic carbocycles. The van der Waals surface area contributed by atoms with Crippen molar-refractivity contribution in [2.24, 2.45) is 13.0 Å². The Balaban J connectivity index is 1.24. The number of hydrogen-bond acceptors (Lipinski definition) is 8. The van der Waals surface area contributed by atoms with Crippen LogP contribution in [-0.2, 0) is 29.7 Å². The monoisotopic (exact) mass is 633 g/mol. The summed E-state index contributed by atoms with van der Waals surface area (Å²) >= 11 is 6.98. The third-order valence-electron chi connectivity index (χ3n) is 8.66. The lowest BCUT2D eigenvalue weighted by Crippen LogP contribution is -2.40. The lowest BCUT2D eigenvalue weighted by atomic mass is 9.98. The summed E-state index contributed by atoms with van der Waals surface area (Å²) in [5, 5.41) is 21.0. The fourth-order valence-corrected chi connectivity index (χ4v) is 6.49. The van der Waals surface area contributed by atoms with Crippen molar-refractivity contribution in [1.82, 2.24) is 34.7 Å². The number of rotatable bonds is 10. The number of piperidine rings is 1. The van der Waals surface area contributed by atoms with Gasteiger partial charge in [0, 0.05) is 67.6 Å². The molecule has 2 aliphatic rings. The normalized spacial score (nSPS) is 18.8. The smallest absolute Gasteiger partial charge is 0.307 e. The molecule has 0 unspecified atom stereocenters. The molecular formula is C32H36ClN7O5. The summed E-state index contributed by atoms with van der Waals surface area (Å²) in [7, 11) is 3.27. The highest BCUT2D eigenvalue weighted by atomic mass is 35.5. The number of aliphatic carboxylic acids is 1. The quantitative estimate of drug-likeness (QED) is 0.240. The number of benzene rings is 1. The molecule has 2 saturated heterocycles.